The van der Waals surface area contributed by atoms with E-state index >= 15 is 0 Å². The van der Waals surface area contributed by atoms with Crippen LogP contribution in [0.15, 0.2) is 24.4 Å². The van der Waals surface area contributed by atoms with Crippen LogP contribution in [0.1, 0.15) is 48.4 Å². The minimum absolute atomic E-state index is 0.125. The van der Waals surface area contributed by atoms with Crippen molar-refractivity contribution in [3.05, 3.63) is 41.2 Å². The highest BCUT2D eigenvalue weighted by atomic mass is 16.5. The number of fused-ring (bicyclic) bond motifs is 1. The molecular formula is C19H26N2O3. The van der Waals surface area contributed by atoms with Gasteiger partial charge in [0, 0.05) is 36.5 Å². The quantitative estimate of drug-likeness (QED) is 0.808. The molecule has 1 aliphatic heterocycles. The fourth-order valence-electron chi connectivity index (χ4n) is 3.45. The van der Waals surface area contributed by atoms with E-state index in [2.05, 4.69) is 22.4 Å². The van der Waals surface area contributed by atoms with E-state index < -0.39 is 0 Å². The van der Waals surface area contributed by atoms with Crippen LogP contribution in [0.5, 0.6) is 0 Å². The second-order valence-electron chi connectivity index (χ2n) is 6.65. The van der Waals surface area contributed by atoms with Crippen LogP contribution in [0.2, 0.25) is 0 Å². The largest absolute Gasteiger partial charge is 0.459 e. The minimum atomic E-state index is -0.248. The van der Waals surface area contributed by atoms with E-state index in [9.17, 15) is 4.79 Å². The molecule has 0 aromatic carbocycles. The zero-order valence-corrected chi connectivity index (χ0v) is 14.9. The first-order valence-corrected chi connectivity index (χ1v) is 8.62. The van der Waals surface area contributed by atoms with E-state index in [-0.39, 0.29) is 18.1 Å². The van der Waals surface area contributed by atoms with Crippen LogP contribution in [0, 0.1) is 6.92 Å². The molecule has 0 radical (unpaired) electrons. The molecule has 0 bridgehead atoms. The minimum Gasteiger partial charge on any atom is -0.459 e. The number of morpholine rings is 1. The van der Waals surface area contributed by atoms with Crippen LogP contribution in [0.3, 0.4) is 0 Å². The lowest BCUT2D eigenvalue weighted by molar-refractivity contribution is 0.0186. The lowest BCUT2D eigenvalue weighted by Crippen LogP contribution is -2.39. The number of nitrogens with zero attached hydrogens (tertiary/aromatic N) is 2. The number of carbonyl (C=O) groups is 1. The number of esters is 1. The number of pyridine rings is 1. The van der Waals surface area contributed by atoms with Gasteiger partial charge in [-0.05, 0) is 51.5 Å². The van der Waals surface area contributed by atoms with Gasteiger partial charge >= 0.3 is 5.97 Å². The third-order valence-electron chi connectivity index (χ3n) is 4.67. The van der Waals surface area contributed by atoms with E-state index in [0.29, 0.717) is 5.56 Å². The topological polar surface area (TPSA) is 43.2 Å². The summed E-state index contributed by atoms with van der Waals surface area (Å²) in [5, 5.41) is 0. The normalized spacial score (nSPS) is 17.4. The number of ether oxygens (including phenoxy) is 2. The average Bonchev–Trinajstić information content (AvgIpc) is 3.01. The second-order valence-corrected chi connectivity index (χ2v) is 6.65. The molecule has 5 heteroatoms. The lowest BCUT2D eigenvalue weighted by atomic mass is 10.0. The Morgan fingerprint density at radius 3 is 2.62 bits per heavy atom. The molecule has 0 amide bonds. The summed E-state index contributed by atoms with van der Waals surface area (Å²) in [6, 6.07) is 6.18. The molecule has 1 unspecified atom stereocenters. The standard InChI is InChI=1S/C19H26N2O3/c1-13(2)24-19(22)17-12-16-6-5-7-21(16)18(14(17)3)15(4)20-8-10-23-11-9-20/h5-7,12-13,15H,8-11H2,1-4H3. The van der Waals surface area contributed by atoms with Gasteiger partial charge in [-0.25, -0.2) is 4.79 Å². The highest BCUT2D eigenvalue weighted by molar-refractivity contribution is 5.93. The molecule has 1 aliphatic rings. The molecule has 3 rings (SSSR count). The smallest absolute Gasteiger partial charge is 0.338 e. The van der Waals surface area contributed by atoms with Gasteiger partial charge in [-0.15, -0.1) is 0 Å². The number of hydrogen-bond donors (Lipinski definition) is 0. The van der Waals surface area contributed by atoms with Gasteiger partial charge < -0.3 is 13.9 Å². The summed E-state index contributed by atoms with van der Waals surface area (Å²) in [6.45, 7) is 11.3. The molecule has 0 aliphatic carbocycles. The summed E-state index contributed by atoms with van der Waals surface area (Å²) in [5.41, 5.74) is 3.81. The Bertz CT molecular complexity index is 730. The summed E-state index contributed by atoms with van der Waals surface area (Å²) in [7, 11) is 0. The van der Waals surface area contributed by atoms with Gasteiger partial charge in [-0.3, -0.25) is 4.90 Å². The van der Waals surface area contributed by atoms with E-state index in [1.807, 2.05) is 39.0 Å². The van der Waals surface area contributed by atoms with Crippen LogP contribution in [0.4, 0.5) is 0 Å². The molecular weight excluding hydrogens is 304 g/mol. The van der Waals surface area contributed by atoms with Crippen molar-refractivity contribution in [2.24, 2.45) is 0 Å². The highest BCUT2D eigenvalue weighted by Crippen LogP contribution is 2.29. The van der Waals surface area contributed by atoms with Crippen molar-refractivity contribution in [3.63, 3.8) is 0 Å². The Morgan fingerprint density at radius 2 is 1.96 bits per heavy atom. The third kappa shape index (κ3) is 3.19. The molecule has 1 saturated heterocycles. The Balaban J connectivity index is 2.06. The van der Waals surface area contributed by atoms with Gasteiger partial charge in [-0.1, -0.05) is 0 Å². The summed E-state index contributed by atoms with van der Waals surface area (Å²) < 4.78 is 13.1. The van der Waals surface area contributed by atoms with Crippen molar-refractivity contribution in [2.45, 2.75) is 39.8 Å². The van der Waals surface area contributed by atoms with Crippen LogP contribution in [-0.2, 0) is 9.47 Å². The molecule has 1 atom stereocenters. The first kappa shape index (κ1) is 17.0. The van der Waals surface area contributed by atoms with Crippen LogP contribution in [-0.4, -0.2) is 47.7 Å². The summed E-state index contributed by atoms with van der Waals surface area (Å²) in [6.07, 6.45) is 1.94. The number of aromatic nitrogens is 1. The SMILES string of the molecule is Cc1c(C(=O)OC(C)C)cc2cccn2c1C(C)N1CCOCC1. The third-order valence-corrected chi connectivity index (χ3v) is 4.67. The molecule has 5 nitrogen and oxygen atoms in total. The van der Waals surface area contributed by atoms with Crippen molar-refractivity contribution in [2.75, 3.05) is 26.3 Å². The van der Waals surface area contributed by atoms with Gasteiger partial charge in [0.2, 0.25) is 0 Å². The highest BCUT2D eigenvalue weighted by Gasteiger charge is 2.25. The summed E-state index contributed by atoms with van der Waals surface area (Å²) >= 11 is 0. The van der Waals surface area contributed by atoms with Gasteiger partial charge in [-0.2, -0.15) is 0 Å². The molecule has 24 heavy (non-hydrogen) atoms. The van der Waals surface area contributed by atoms with Crippen molar-refractivity contribution in [1.29, 1.82) is 0 Å². The van der Waals surface area contributed by atoms with Crippen molar-refractivity contribution in [3.8, 4) is 0 Å². The van der Waals surface area contributed by atoms with E-state index in [0.717, 1.165) is 43.1 Å². The fourth-order valence-corrected chi connectivity index (χ4v) is 3.45. The monoisotopic (exact) mass is 330 g/mol. The number of rotatable bonds is 4. The number of hydrogen-bond acceptors (Lipinski definition) is 4. The maximum absolute atomic E-state index is 12.5. The first-order valence-electron chi connectivity index (χ1n) is 8.62. The predicted octanol–water partition coefficient (Wildman–Crippen LogP) is 3.21. The summed E-state index contributed by atoms with van der Waals surface area (Å²) in [4.78, 5) is 14.9. The van der Waals surface area contributed by atoms with E-state index in [1.54, 1.807) is 0 Å². The van der Waals surface area contributed by atoms with E-state index in [1.165, 1.54) is 0 Å². The Morgan fingerprint density at radius 1 is 1.25 bits per heavy atom. The van der Waals surface area contributed by atoms with Gasteiger partial charge in [0.05, 0.1) is 24.9 Å². The molecule has 0 saturated carbocycles. The Labute approximate surface area is 143 Å². The van der Waals surface area contributed by atoms with Gasteiger partial charge in [0.15, 0.2) is 0 Å². The van der Waals surface area contributed by atoms with Crippen LogP contribution >= 0.6 is 0 Å². The zero-order chi connectivity index (χ0) is 17.3. The Hall–Kier alpha value is -1.85. The maximum atomic E-state index is 12.5. The molecule has 130 valence electrons. The number of carbonyl (C=O) groups excluding carboxylic acids is 1. The lowest BCUT2D eigenvalue weighted by Gasteiger charge is -2.34. The van der Waals surface area contributed by atoms with Crippen molar-refractivity contribution >= 4 is 11.5 Å². The molecule has 2 aromatic heterocycles. The summed E-state index contributed by atoms with van der Waals surface area (Å²) in [5.74, 6) is -0.248. The molecule has 0 spiro atoms. The van der Waals surface area contributed by atoms with Crippen LogP contribution < -0.4 is 0 Å². The molecule has 0 N–H and O–H groups in total. The van der Waals surface area contributed by atoms with Crippen LogP contribution in [0.25, 0.3) is 5.52 Å². The maximum Gasteiger partial charge on any atom is 0.338 e. The molecule has 2 aromatic rings. The predicted molar refractivity (Wildman–Crippen MR) is 93.5 cm³/mol. The second kappa shape index (κ2) is 6.95. The van der Waals surface area contributed by atoms with Gasteiger partial charge in [0.25, 0.3) is 0 Å². The average molecular weight is 330 g/mol. The fraction of sp³-hybridized carbons (Fsp3) is 0.526. The van der Waals surface area contributed by atoms with Crippen molar-refractivity contribution in [1.82, 2.24) is 9.30 Å². The van der Waals surface area contributed by atoms with Crippen molar-refractivity contribution < 1.29 is 14.3 Å². The van der Waals surface area contributed by atoms with Gasteiger partial charge in [0.1, 0.15) is 0 Å². The zero-order valence-electron chi connectivity index (χ0n) is 14.9. The Kier molecular flexibility index (Phi) is 4.92. The molecule has 1 fully saturated rings. The first-order chi connectivity index (χ1) is 11.5. The van der Waals surface area contributed by atoms with E-state index in [4.69, 9.17) is 9.47 Å². The molecule has 3 heterocycles.